The van der Waals surface area contributed by atoms with Crippen molar-refractivity contribution in [1.82, 2.24) is 0 Å². The molecule has 0 aromatic rings. The molecule has 0 aliphatic rings. The van der Waals surface area contributed by atoms with Crippen LogP contribution in [0.3, 0.4) is 0 Å². The first-order chi connectivity index (χ1) is 43.4. The van der Waals surface area contributed by atoms with Crippen LogP contribution in [0.15, 0.2) is 0 Å². The Morgan fingerprint density at radius 1 is 0.300 bits per heavy atom. The summed E-state index contributed by atoms with van der Waals surface area (Å²) in [6.07, 6.45) is 48.4. The largest absolute Gasteiger partial charge is 0.472 e. The third kappa shape index (κ3) is 64.8. The van der Waals surface area contributed by atoms with Crippen molar-refractivity contribution in [3.63, 3.8) is 0 Å². The highest BCUT2D eigenvalue weighted by Crippen LogP contribution is 2.45. The number of phosphoric acid groups is 2. The van der Waals surface area contributed by atoms with E-state index in [2.05, 4.69) is 41.5 Å². The van der Waals surface area contributed by atoms with Gasteiger partial charge in [-0.05, 0) is 37.5 Å². The SMILES string of the molecule is CCCCCCCCCCCCCCC(=O)O[C@H](COC(=O)CCCCCCCCCCCC)COP(=O)(O)OC[C@H](O)COP(=O)(O)OC[C@@H](COC(=O)CCCCCCCCCCCCCC(C)C)OC(=O)CCCCCCCCCCCCCC(C)C. The zero-order valence-electron chi connectivity index (χ0n) is 58.4. The van der Waals surface area contributed by atoms with Gasteiger partial charge in [0.1, 0.15) is 19.3 Å². The number of hydrogen-bond acceptors (Lipinski definition) is 15. The molecule has 0 saturated carbocycles. The van der Waals surface area contributed by atoms with Gasteiger partial charge in [0.15, 0.2) is 12.2 Å². The maximum Gasteiger partial charge on any atom is 0.472 e. The molecule has 17 nitrogen and oxygen atoms in total. The average molecular weight is 1330 g/mol. The molecule has 0 fully saturated rings. The molecule has 90 heavy (non-hydrogen) atoms. The molecule has 0 rings (SSSR count). The maximum atomic E-state index is 13.0. The minimum atomic E-state index is -4.95. The Balaban J connectivity index is 5.25. The van der Waals surface area contributed by atoms with Gasteiger partial charge in [-0.25, -0.2) is 9.13 Å². The second-order valence-electron chi connectivity index (χ2n) is 26.6. The number of ether oxygens (including phenoxy) is 4. The molecule has 3 N–H and O–H groups in total. The Morgan fingerprint density at radius 3 is 0.756 bits per heavy atom. The van der Waals surface area contributed by atoms with E-state index in [-0.39, 0.29) is 25.7 Å². The van der Waals surface area contributed by atoms with E-state index in [9.17, 15) is 43.2 Å². The van der Waals surface area contributed by atoms with Gasteiger partial charge in [-0.1, -0.05) is 311 Å². The summed E-state index contributed by atoms with van der Waals surface area (Å²) in [5.41, 5.74) is 0. The summed E-state index contributed by atoms with van der Waals surface area (Å²) in [7, 11) is -9.90. The van der Waals surface area contributed by atoms with Gasteiger partial charge in [0.25, 0.3) is 0 Å². The molecule has 0 heterocycles. The van der Waals surface area contributed by atoms with Crippen LogP contribution in [-0.4, -0.2) is 96.7 Å². The molecular weight excluding hydrogens is 1190 g/mol. The lowest BCUT2D eigenvalue weighted by Gasteiger charge is -2.21. The number of aliphatic hydroxyl groups excluding tert-OH is 1. The van der Waals surface area contributed by atoms with Crippen molar-refractivity contribution in [3.8, 4) is 0 Å². The van der Waals surface area contributed by atoms with Crippen LogP contribution >= 0.6 is 15.6 Å². The van der Waals surface area contributed by atoms with Gasteiger partial charge < -0.3 is 33.8 Å². The Bertz CT molecular complexity index is 1750. The number of hydrogen-bond donors (Lipinski definition) is 3. The predicted octanol–water partition coefficient (Wildman–Crippen LogP) is 20.4. The lowest BCUT2D eigenvalue weighted by molar-refractivity contribution is -0.161. The second-order valence-corrected chi connectivity index (χ2v) is 29.5. The number of esters is 4. The molecule has 0 aromatic carbocycles. The Hall–Kier alpha value is -1.94. The van der Waals surface area contributed by atoms with Crippen LogP contribution in [-0.2, 0) is 65.4 Å². The fourth-order valence-corrected chi connectivity index (χ4v) is 12.3. The smallest absolute Gasteiger partial charge is 0.462 e. The molecular formula is C71H138O17P2. The van der Waals surface area contributed by atoms with Crippen LogP contribution in [0.5, 0.6) is 0 Å². The number of carbonyl (C=O) groups is 4. The normalized spacial score (nSPS) is 14.1. The van der Waals surface area contributed by atoms with E-state index in [4.69, 9.17) is 37.0 Å². The lowest BCUT2D eigenvalue weighted by atomic mass is 10.0. The van der Waals surface area contributed by atoms with Crippen LogP contribution < -0.4 is 0 Å². The van der Waals surface area contributed by atoms with Crippen LogP contribution in [0, 0.1) is 11.8 Å². The highest BCUT2D eigenvalue weighted by Gasteiger charge is 2.30. The minimum Gasteiger partial charge on any atom is -0.462 e. The van der Waals surface area contributed by atoms with Crippen molar-refractivity contribution >= 4 is 39.5 Å². The maximum absolute atomic E-state index is 13.0. The summed E-state index contributed by atoms with van der Waals surface area (Å²) >= 11 is 0. The third-order valence-electron chi connectivity index (χ3n) is 16.5. The number of aliphatic hydroxyl groups is 1. The second kappa shape index (κ2) is 63.1. The Labute approximate surface area is 549 Å². The molecule has 0 spiro atoms. The number of carbonyl (C=O) groups excluding carboxylic acids is 4. The lowest BCUT2D eigenvalue weighted by Crippen LogP contribution is -2.30. The van der Waals surface area contributed by atoms with E-state index >= 15 is 0 Å². The molecule has 534 valence electrons. The van der Waals surface area contributed by atoms with Crippen molar-refractivity contribution in [3.05, 3.63) is 0 Å². The van der Waals surface area contributed by atoms with Gasteiger partial charge in [-0.15, -0.1) is 0 Å². The topological polar surface area (TPSA) is 237 Å². The van der Waals surface area contributed by atoms with Crippen LogP contribution in [0.25, 0.3) is 0 Å². The van der Waals surface area contributed by atoms with Crippen molar-refractivity contribution in [1.29, 1.82) is 0 Å². The number of rotatable bonds is 70. The zero-order chi connectivity index (χ0) is 66.5. The monoisotopic (exact) mass is 1320 g/mol. The van der Waals surface area contributed by atoms with Crippen molar-refractivity contribution < 1.29 is 80.2 Å². The highest BCUT2D eigenvalue weighted by atomic mass is 31.2. The number of unbranched alkanes of at least 4 members (excludes halogenated alkanes) is 40. The van der Waals surface area contributed by atoms with E-state index in [1.54, 1.807) is 0 Å². The van der Waals surface area contributed by atoms with Gasteiger partial charge >= 0.3 is 39.5 Å². The predicted molar refractivity (Wildman–Crippen MR) is 363 cm³/mol. The first-order valence-corrected chi connectivity index (χ1v) is 40.0. The molecule has 0 radical (unpaired) electrons. The zero-order valence-corrected chi connectivity index (χ0v) is 60.2. The van der Waals surface area contributed by atoms with E-state index in [0.717, 1.165) is 102 Å². The first kappa shape index (κ1) is 88.1. The van der Waals surface area contributed by atoms with Gasteiger partial charge in [0.05, 0.1) is 26.4 Å². The van der Waals surface area contributed by atoms with Gasteiger partial charge in [-0.2, -0.15) is 0 Å². The average Bonchev–Trinajstić information content (AvgIpc) is 3.31. The van der Waals surface area contributed by atoms with E-state index in [0.29, 0.717) is 25.7 Å². The summed E-state index contributed by atoms with van der Waals surface area (Å²) in [6.45, 7) is 9.56. The molecule has 0 amide bonds. The van der Waals surface area contributed by atoms with Crippen molar-refractivity contribution in [2.24, 2.45) is 11.8 Å². The van der Waals surface area contributed by atoms with Crippen LogP contribution in [0.4, 0.5) is 0 Å². The quantitative estimate of drug-likeness (QED) is 0.0222. The Kier molecular flexibility index (Phi) is 61.8. The van der Waals surface area contributed by atoms with Gasteiger partial charge in [-0.3, -0.25) is 37.3 Å². The van der Waals surface area contributed by atoms with Crippen molar-refractivity contribution in [2.75, 3.05) is 39.6 Å². The first-order valence-electron chi connectivity index (χ1n) is 37.0. The van der Waals surface area contributed by atoms with E-state index < -0.39 is 97.5 Å². The standard InChI is InChI=1S/C71H138O17P2/c1-7-9-11-13-15-17-19-24-31-37-43-49-55-70(75)87-66(59-81-68(73)53-47-41-35-29-18-16-14-12-10-8-2)61-85-89(77,78)83-57-65(72)58-84-90(79,80)86-62-67(88-71(76)56-50-44-38-32-26-21-23-28-34-40-46-52-64(5)6)60-82-69(74)54-48-42-36-30-25-20-22-27-33-39-45-51-63(3)4/h63-67,72H,7-62H2,1-6H3,(H,77,78)(H,79,80)/t65-,66+,67+/m0/s1. The molecule has 2 unspecified atom stereocenters. The summed E-state index contributed by atoms with van der Waals surface area (Å²) < 4.78 is 68.3. The van der Waals surface area contributed by atoms with Crippen LogP contribution in [0.1, 0.15) is 363 Å². The van der Waals surface area contributed by atoms with Gasteiger partial charge in [0, 0.05) is 25.7 Å². The summed E-state index contributed by atoms with van der Waals surface area (Å²) in [5.74, 6) is -0.585. The van der Waals surface area contributed by atoms with E-state index in [1.807, 2.05) is 0 Å². The van der Waals surface area contributed by atoms with Crippen molar-refractivity contribution in [2.45, 2.75) is 381 Å². The summed E-state index contributed by atoms with van der Waals surface area (Å²) in [5, 5.41) is 10.6. The molecule has 0 aliphatic heterocycles. The molecule has 0 aliphatic carbocycles. The molecule has 0 saturated heterocycles. The van der Waals surface area contributed by atoms with Gasteiger partial charge in [0.2, 0.25) is 0 Å². The fraction of sp³-hybridized carbons (Fsp3) is 0.944. The fourth-order valence-electron chi connectivity index (χ4n) is 10.8. The van der Waals surface area contributed by atoms with E-state index in [1.165, 1.54) is 180 Å². The third-order valence-corrected chi connectivity index (χ3v) is 18.4. The molecule has 19 heteroatoms. The highest BCUT2D eigenvalue weighted by molar-refractivity contribution is 7.47. The molecule has 0 aromatic heterocycles. The summed E-state index contributed by atoms with van der Waals surface area (Å²) in [4.78, 5) is 72.6. The number of phosphoric ester groups is 2. The molecule has 5 atom stereocenters. The molecule has 0 bridgehead atoms. The minimum absolute atomic E-state index is 0.106. The Morgan fingerprint density at radius 2 is 0.511 bits per heavy atom. The summed E-state index contributed by atoms with van der Waals surface area (Å²) in [6, 6.07) is 0. The van der Waals surface area contributed by atoms with Crippen LogP contribution in [0.2, 0.25) is 0 Å².